The lowest BCUT2D eigenvalue weighted by Gasteiger charge is -2.19. The SMILES string of the molecule is Cc1cc(ONNC(C(=O)NCc2ccccc2)c2ccccc2)ccc1Cl. The van der Waals surface area contributed by atoms with E-state index in [1.165, 1.54) is 0 Å². The summed E-state index contributed by atoms with van der Waals surface area (Å²) in [5.74, 6) is 0.421. The van der Waals surface area contributed by atoms with Gasteiger partial charge in [-0.15, -0.1) is 0 Å². The smallest absolute Gasteiger partial charge is 0.243 e. The third-order valence-corrected chi connectivity index (χ3v) is 4.63. The number of carbonyl (C=O) groups excluding carboxylic acids is 1. The average Bonchev–Trinajstić information content (AvgIpc) is 2.73. The van der Waals surface area contributed by atoms with Gasteiger partial charge in [-0.3, -0.25) is 4.79 Å². The molecule has 1 unspecified atom stereocenters. The highest BCUT2D eigenvalue weighted by Crippen LogP contribution is 2.20. The maximum atomic E-state index is 12.8. The number of benzene rings is 3. The molecular weight excluding hydrogens is 374 g/mol. The molecule has 0 saturated heterocycles. The molecule has 3 aromatic carbocycles. The van der Waals surface area contributed by atoms with Crippen LogP contribution in [0.1, 0.15) is 22.7 Å². The summed E-state index contributed by atoms with van der Waals surface area (Å²) in [6.45, 7) is 2.34. The molecule has 1 atom stereocenters. The van der Waals surface area contributed by atoms with Crippen molar-refractivity contribution in [1.29, 1.82) is 0 Å². The van der Waals surface area contributed by atoms with Crippen molar-refractivity contribution in [2.45, 2.75) is 19.5 Å². The van der Waals surface area contributed by atoms with Crippen molar-refractivity contribution in [2.75, 3.05) is 0 Å². The molecule has 0 aliphatic rings. The predicted molar refractivity (Wildman–Crippen MR) is 111 cm³/mol. The molecule has 3 rings (SSSR count). The fourth-order valence-electron chi connectivity index (χ4n) is 2.66. The number of halogens is 1. The van der Waals surface area contributed by atoms with Crippen LogP contribution in [0.4, 0.5) is 0 Å². The lowest BCUT2D eigenvalue weighted by atomic mass is 10.1. The molecule has 28 heavy (non-hydrogen) atoms. The minimum absolute atomic E-state index is 0.168. The molecule has 5 nitrogen and oxygen atoms in total. The van der Waals surface area contributed by atoms with Gasteiger partial charge in [-0.25, -0.2) is 5.43 Å². The number of hydrogen-bond donors (Lipinski definition) is 3. The fourth-order valence-corrected chi connectivity index (χ4v) is 2.78. The molecule has 3 aromatic rings. The average molecular weight is 396 g/mol. The van der Waals surface area contributed by atoms with E-state index in [9.17, 15) is 4.79 Å². The van der Waals surface area contributed by atoms with Crippen molar-refractivity contribution in [3.05, 3.63) is 101 Å². The third-order valence-electron chi connectivity index (χ3n) is 4.21. The predicted octanol–water partition coefficient (Wildman–Crippen LogP) is 4.09. The van der Waals surface area contributed by atoms with Crippen molar-refractivity contribution < 1.29 is 9.63 Å². The molecule has 144 valence electrons. The number of hydrogen-bond acceptors (Lipinski definition) is 4. The number of amides is 1. The van der Waals surface area contributed by atoms with Gasteiger partial charge in [0.05, 0.1) is 0 Å². The zero-order valence-electron chi connectivity index (χ0n) is 15.5. The first kappa shape index (κ1) is 19.9. The monoisotopic (exact) mass is 395 g/mol. The molecule has 0 aliphatic heterocycles. The number of nitrogens with one attached hydrogen (secondary N) is 3. The summed E-state index contributed by atoms with van der Waals surface area (Å²) in [5.41, 5.74) is 8.36. The summed E-state index contributed by atoms with van der Waals surface area (Å²) < 4.78 is 0. The highest BCUT2D eigenvalue weighted by molar-refractivity contribution is 6.31. The van der Waals surface area contributed by atoms with Crippen LogP contribution in [0, 0.1) is 6.92 Å². The summed E-state index contributed by atoms with van der Waals surface area (Å²) in [6, 6.07) is 23.9. The molecule has 0 aromatic heterocycles. The van der Waals surface area contributed by atoms with Crippen molar-refractivity contribution in [2.24, 2.45) is 0 Å². The molecule has 0 spiro atoms. The molecular formula is C22H22ClN3O2. The maximum absolute atomic E-state index is 12.8. The third kappa shape index (κ3) is 5.57. The van der Waals surface area contributed by atoms with Gasteiger partial charge in [-0.2, -0.15) is 0 Å². The molecule has 1 amide bonds. The zero-order chi connectivity index (χ0) is 19.8. The Morgan fingerprint density at radius 1 is 1.00 bits per heavy atom. The van der Waals surface area contributed by atoms with Crippen molar-refractivity contribution >= 4 is 17.5 Å². The first-order valence-electron chi connectivity index (χ1n) is 8.93. The summed E-state index contributed by atoms with van der Waals surface area (Å²) in [6.07, 6.45) is 0. The van der Waals surface area contributed by atoms with E-state index in [1.54, 1.807) is 12.1 Å². The molecule has 0 bridgehead atoms. The Bertz CT molecular complexity index is 904. The highest BCUT2D eigenvalue weighted by Gasteiger charge is 2.20. The van der Waals surface area contributed by atoms with E-state index < -0.39 is 6.04 Å². The first-order chi connectivity index (χ1) is 13.6. The van der Waals surface area contributed by atoms with Gasteiger partial charge in [-0.05, 0) is 41.8 Å². The number of aryl methyl sites for hydroxylation is 1. The van der Waals surface area contributed by atoms with Gasteiger partial charge >= 0.3 is 0 Å². The Hall–Kier alpha value is -2.86. The van der Waals surface area contributed by atoms with Gasteiger partial charge in [0, 0.05) is 11.6 Å². The Morgan fingerprint density at radius 3 is 2.36 bits per heavy atom. The summed E-state index contributed by atoms with van der Waals surface area (Å²) >= 11 is 6.03. The summed E-state index contributed by atoms with van der Waals surface area (Å²) in [5, 5.41) is 3.62. The van der Waals surface area contributed by atoms with Crippen LogP contribution in [0.25, 0.3) is 0 Å². The van der Waals surface area contributed by atoms with Gasteiger partial charge in [0.1, 0.15) is 11.8 Å². The fraction of sp³-hybridized carbons (Fsp3) is 0.136. The Kier molecular flexibility index (Phi) is 7.03. The molecule has 0 radical (unpaired) electrons. The molecule has 3 N–H and O–H groups in total. The van der Waals surface area contributed by atoms with Crippen LogP contribution in [0.15, 0.2) is 78.9 Å². The van der Waals surface area contributed by atoms with E-state index in [0.29, 0.717) is 17.3 Å². The first-order valence-corrected chi connectivity index (χ1v) is 9.31. The van der Waals surface area contributed by atoms with Gasteiger partial charge in [0.2, 0.25) is 5.91 Å². The number of rotatable bonds is 8. The van der Waals surface area contributed by atoms with Gasteiger partial charge < -0.3 is 10.2 Å². The minimum atomic E-state index is -0.627. The van der Waals surface area contributed by atoms with E-state index in [4.69, 9.17) is 16.4 Å². The lowest BCUT2D eigenvalue weighted by Crippen LogP contribution is -2.45. The van der Waals surface area contributed by atoms with Gasteiger partial charge in [0.25, 0.3) is 0 Å². The van der Waals surface area contributed by atoms with Gasteiger partial charge in [0.15, 0.2) is 0 Å². The Labute approximate surface area is 169 Å². The second-order valence-electron chi connectivity index (χ2n) is 6.31. The van der Waals surface area contributed by atoms with Crippen LogP contribution in [0.2, 0.25) is 5.02 Å². The Morgan fingerprint density at radius 2 is 1.68 bits per heavy atom. The lowest BCUT2D eigenvalue weighted by molar-refractivity contribution is -0.124. The van der Waals surface area contributed by atoms with Crippen LogP contribution >= 0.6 is 11.6 Å². The van der Waals surface area contributed by atoms with Crippen LogP contribution < -0.4 is 21.2 Å². The molecule has 0 fully saturated rings. The molecule has 0 saturated carbocycles. The molecule has 6 heteroatoms. The molecule has 0 aliphatic carbocycles. The largest absolute Gasteiger partial charge is 0.394 e. The normalized spacial score (nSPS) is 11.6. The van der Waals surface area contributed by atoms with Crippen LogP contribution in [0.3, 0.4) is 0 Å². The topological polar surface area (TPSA) is 62.4 Å². The van der Waals surface area contributed by atoms with E-state index in [1.807, 2.05) is 73.7 Å². The maximum Gasteiger partial charge on any atom is 0.243 e. The standard InChI is InChI=1S/C22H22ClN3O2/c1-16-14-19(12-13-20(16)23)28-26-25-21(18-10-6-3-7-11-18)22(27)24-15-17-8-4-2-5-9-17/h2-14,21,25-26H,15H2,1H3,(H,24,27). The van der Waals surface area contributed by atoms with Crippen molar-refractivity contribution in [3.8, 4) is 5.75 Å². The second-order valence-corrected chi connectivity index (χ2v) is 6.71. The number of hydrazine groups is 1. The van der Waals surface area contributed by atoms with Crippen LogP contribution in [-0.2, 0) is 11.3 Å². The van der Waals surface area contributed by atoms with E-state index in [-0.39, 0.29) is 5.91 Å². The minimum Gasteiger partial charge on any atom is -0.394 e. The van der Waals surface area contributed by atoms with E-state index >= 15 is 0 Å². The quantitative estimate of drug-likeness (QED) is 0.502. The summed E-state index contributed by atoms with van der Waals surface area (Å²) in [4.78, 5) is 18.3. The Balaban J connectivity index is 1.63. The van der Waals surface area contributed by atoms with Gasteiger partial charge in [-0.1, -0.05) is 77.9 Å². The summed E-state index contributed by atoms with van der Waals surface area (Å²) in [7, 11) is 0. The van der Waals surface area contributed by atoms with Crippen LogP contribution in [-0.4, -0.2) is 5.91 Å². The highest BCUT2D eigenvalue weighted by atomic mass is 35.5. The second kappa shape index (κ2) is 9.90. The zero-order valence-corrected chi connectivity index (χ0v) is 16.2. The van der Waals surface area contributed by atoms with Crippen molar-refractivity contribution in [3.63, 3.8) is 0 Å². The van der Waals surface area contributed by atoms with Crippen LogP contribution in [0.5, 0.6) is 5.75 Å². The molecule has 0 heterocycles. The van der Waals surface area contributed by atoms with E-state index in [0.717, 1.165) is 16.7 Å². The van der Waals surface area contributed by atoms with E-state index in [2.05, 4.69) is 16.3 Å². The number of carbonyl (C=O) groups is 1. The van der Waals surface area contributed by atoms with Crippen molar-refractivity contribution in [1.82, 2.24) is 16.3 Å².